The van der Waals surface area contributed by atoms with Crippen molar-refractivity contribution in [3.63, 3.8) is 0 Å². The van der Waals surface area contributed by atoms with Crippen LogP contribution in [0.1, 0.15) is 18.1 Å². The fourth-order valence-electron chi connectivity index (χ4n) is 1.92. The van der Waals surface area contributed by atoms with Crippen molar-refractivity contribution in [2.24, 2.45) is 0 Å². The molecular weight excluding hydrogens is 264 g/mol. The summed E-state index contributed by atoms with van der Waals surface area (Å²) < 4.78 is 24.4. The van der Waals surface area contributed by atoms with Gasteiger partial charge in [0.1, 0.15) is 0 Å². The number of amides is 1. The molecule has 6 heteroatoms. The first-order valence-corrected chi connectivity index (χ1v) is 7.89. The van der Waals surface area contributed by atoms with Crippen LogP contribution in [0.3, 0.4) is 0 Å². The predicted octanol–water partition coefficient (Wildman–Crippen LogP) is 1.21. The van der Waals surface area contributed by atoms with Crippen LogP contribution in [0.15, 0.2) is 18.2 Å². The van der Waals surface area contributed by atoms with Gasteiger partial charge in [0.2, 0.25) is 15.9 Å². The fourth-order valence-corrected chi connectivity index (χ4v) is 2.38. The molecule has 1 rings (SSSR count). The molecule has 0 aromatic heterocycles. The molecule has 1 aromatic rings. The molecule has 0 fully saturated rings. The Labute approximate surface area is 114 Å². The smallest absolute Gasteiger partial charge is 0.223 e. The maximum absolute atomic E-state index is 11.7. The lowest BCUT2D eigenvalue weighted by atomic mass is 10.1. The van der Waals surface area contributed by atoms with Gasteiger partial charge in [-0.2, -0.15) is 0 Å². The van der Waals surface area contributed by atoms with E-state index in [0.29, 0.717) is 6.54 Å². The van der Waals surface area contributed by atoms with E-state index in [-0.39, 0.29) is 12.5 Å². The SMILES string of the molecule is CC(=O)N(CCNS(C)(=O)=O)c1cc(C)cc(C)c1. The maximum atomic E-state index is 11.7. The van der Waals surface area contributed by atoms with Gasteiger partial charge in [-0.05, 0) is 37.1 Å². The molecule has 0 saturated heterocycles. The number of rotatable bonds is 5. The lowest BCUT2D eigenvalue weighted by Crippen LogP contribution is -2.37. The third-order valence-electron chi connectivity index (χ3n) is 2.60. The second-order valence-corrected chi connectivity index (χ2v) is 6.52. The first-order chi connectivity index (χ1) is 8.69. The summed E-state index contributed by atoms with van der Waals surface area (Å²) in [5, 5.41) is 0. The average Bonchev–Trinajstić information content (AvgIpc) is 2.20. The Morgan fingerprint density at radius 3 is 2.16 bits per heavy atom. The van der Waals surface area contributed by atoms with Gasteiger partial charge in [0.15, 0.2) is 0 Å². The Morgan fingerprint density at radius 1 is 1.21 bits per heavy atom. The summed E-state index contributed by atoms with van der Waals surface area (Å²) in [5.74, 6) is -0.111. The highest BCUT2D eigenvalue weighted by Crippen LogP contribution is 2.18. The van der Waals surface area contributed by atoms with Crippen molar-refractivity contribution in [1.82, 2.24) is 4.72 Å². The molecule has 0 saturated carbocycles. The zero-order valence-corrected chi connectivity index (χ0v) is 12.5. The van der Waals surface area contributed by atoms with Crippen molar-refractivity contribution in [2.75, 3.05) is 24.2 Å². The van der Waals surface area contributed by atoms with Gasteiger partial charge >= 0.3 is 0 Å². The van der Waals surface area contributed by atoms with E-state index in [2.05, 4.69) is 4.72 Å². The molecule has 0 aliphatic heterocycles. The number of carbonyl (C=O) groups excluding carboxylic acids is 1. The predicted molar refractivity (Wildman–Crippen MR) is 76.8 cm³/mol. The van der Waals surface area contributed by atoms with Crippen LogP contribution in [-0.4, -0.2) is 33.7 Å². The quantitative estimate of drug-likeness (QED) is 0.883. The zero-order valence-electron chi connectivity index (χ0n) is 11.7. The Bertz CT molecular complexity index is 547. The summed E-state index contributed by atoms with van der Waals surface area (Å²) in [6.07, 6.45) is 1.10. The number of benzene rings is 1. The van der Waals surface area contributed by atoms with E-state index in [0.717, 1.165) is 23.1 Å². The third-order valence-corrected chi connectivity index (χ3v) is 3.33. The number of aryl methyl sites for hydroxylation is 2. The van der Waals surface area contributed by atoms with Crippen LogP contribution in [0.2, 0.25) is 0 Å². The third kappa shape index (κ3) is 5.40. The van der Waals surface area contributed by atoms with Crippen LogP contribution in [0.25, 0.3) is 0 Å². The lowest BCUT2D eigenvalue weighted by Gasteiger charge is -2.22. The highest BCUT2D eigenvalue weighted by molar-refractivity contribution is 7.88. The highest BCUT2D eigenvalue weighted by Gasteiger charge is 2.12. The number of hydrogen-bond donors (Lipinski definition) is 1. The minimum atomic E-state index is -3.23. The summed E-state index contributed by atoms with van der Waals surface area (Å²) in [5.41, 5.74) is 2.93. The minimum absolute atomic E-state index is 0.111. The molecule has 0 atom stereocenters. The van der Waals surface area contributed by atoms with Gasteiger partial charge in [-0.1, -0.05) is 6.07 Å². The number of nitrogens with zero attached hydrogens (tertiary/aromatic N) is 1. The molecule has 0 unspecified atom stereocenters. The molecule has 0 spiro atoms. The molecule has 1 amide bonds. The summed E-state index contributed by atoms with van der Waals surface area (Å²) in [6, 6.07) is 5.85. The molecule has 0 heterocycles. The number of sulfonamides is 1. The molecule has 19 heavy (non-hydrogen) atoms. The van der Waals surface area contributed by atoms with Crippen molar-refractivity contribution < 1.29 is 13.2 Å². The van der Waals surface area contributed by atoms with E-state index >= 15 is 0 Å². The van der Waals surface area contributed by atoms with Crippen LogP contribution in [0.5, 0.6) is 0 Å². The van der Waals surface area contributed by atoms with E-state index in [4.69, 9.17) is 0 Å². The van der Waals surface area contributed by atoms with Crippen molar-refractivity contribution in [1.29, 1.82) is 0 Å². The van der Waals surface area contributed by atoms with E-state index in [1.165, 1.54) is 6.92 Å². The van der Waals surface area contributed by atoms with Crippen LogP contribution in [-0.2, 0) is 14.8 Å². The minimum Gasteiger partial charge on any atom is -0.311 e. The largest absolute Gasteiger partial charge is 0.311 e. The van der Waals surface area contributed by atoms with Crippen LogP contribution in [0, 0.1) is 13.8 Å². The fraction of sp³-hybridized carbons (Fsp3) is 0.462. The molecule has 1 aromatic carbocycles. The van der Waals surface area contributed by atoms with Crippen LogP contribution >= 0.6 is 0 Å². The van der Waals surface area contributed by atoms with Crippen LogP contribution < -0.4 is 9.62 Å². The molecule has 1 N–H and O–H groups in total. The van der Waals surface area contributed by atoms with Gasteiger partial charge in [-0.25, -0.2) is 13.1 Å². The van der Waals surface area contributed by atoms with Crippen molar-refractivity contribution in [3.05, 3.63) is 29.3 Å². The van der Waals surface area contributed by atoms with E-state index in [1.807, 2.05) is 32.0 Å². The van der Waals surface area contributed by atoms with E-state index in [9.17, 15) is 13.2 Å². The lowest BCUT2D eigenvalue weighted by molar-refractivity contribution is -0.116. The standard InChI is InChI=1S/C13H20N2O3S/c1-10-7-11(2)9-13(8-10)15(12(3)16)6-5-14-19(4,17)18/h7-9,14H,5-6H2,1-4H3. The number of anilines is 1. The molecule has 0 aliphatic carbocycles. The van der Waals surface area contributed by atoms with Gasteiger partial charge < -0.3 is 4.90 Å². The van der Waals surface area contributed by atoms with Crippen molar-refractivity contribution in [2.45, 2.75) is 20.8 Å². The van der Waals surface area contributed by atoms with Crippen molar-refractivity contribution in [3.8, 4) is 0 Å². The Kier molecular flexibility index (Phi) is 5.08. The summed E-state index contributed by atoms with van der Waals surface area (Å²) in [6.45, 7) is 5.90. The van der Waals surface area contributed by atoms with E-state index in [1.54, 1.807) is 4.90 Å². The topological polar surface area (TPSA) is 66.5 Å². The first-order valence-electron chi connectivity index (χ1n) is 6.00. The molecule has 0 radical (unpaired) electrons. The summed E-state index contributed by atoms with van der Waals surface area (Å²) in [4.78, 5) is 13.2. The molecule has 0 aliphatic rings. The van der Waals surface area contributed by atoms with Gasteiger partial charge in [0.05, 0.1) is 6.26 Å². The molecule has 0 bridgehead atoms. The number of hydrogen-bond acceptors (Lipinski definition) is 3. The maximum Gasteiger partial charge on any atom is 0.223 e. The van der Waals surface area contributed by atoms with E-state index < -0.39 is 10.0 Å². The first kappa shape index (κ1) is 15.7. The van der Waals surface area contributed by atoms with Crippen molar-refractivity contribution >= 4 is 21.6 Å². The zero-order chi connectivity index (χ0) is 14.6. The number of carbonyl (C=O) groups is 1. The number of nitrogens with one attached hydrogen (secondary N) is 1. The molecular formula is C13H20N2O3S. The second kappa shape index (κ2) is 6.16. The average molecular weight is 284 g/mol. The molecule has 106 valence electrons. The summed E-state index contributed by atoms with van der Waals surface area (Å²) in [7, 11) is -3.23. The normalized spacial score (nSPS) is 11.4. The Balaban J connectivity index is 2.86. The van der Waals surface area contributed by atoms with Gasteiger partial charge in [0, 0.05) is 25.7 Å². The highest BCUT2D eigenvalue weighted by atomic mass is 32.2. The Morgan fingerprint density at radius 2 is 1.74 bits per heavy atom. The van der Waals surface area contributed by atoms with Gasteiger partial charge in [-0.15, -0.1) is 0 Å². The van der Waals surface area contributed by atoms with Crippen LogP contribution in [0.4, 0.5) is 5.69 Å². The summed E-state index contributed by atoms with van der Waals surface area (Å²) >= 11 is 0. The Hall–Kier alpha value is -1.40. The second-order valence-electron chi connectivity index (χ2n) is 4.68. The molecule has 5 nitrogen and oxygen atoms in total. The van der Waals surface area contributed by atoms with Gasteiger partial charge in [0.25, 0.3) is 0 Å². The monoisotopic (exact) mass is 284 g/mol. The van der Waals surface area contributed by atoms with Gasteiger partial charge in [-0.3, -0.25) is 4.79 Å².